The van der Waals surface area contributed by atoms with Gasteiger partial charge in [0.2, 0.25) is 5.95 Å². The van der Waals surface area contributed by atoms with E-state index >= 15 is 0 Å². The third-order valence-electron chi connectivity index (χ3n) is 9.21. The summed E-state index contributed by atoms with van der Waals surface area (Å²) in [6, 6.07) is 17.2. The van der Waals surface area contributed by atoms with Crippen molar-refractivity contribution >= 4 is 17.0 Å². The third-order valence-corrected chi connectivity index (χ3v) is 9.21. The van der Waals surface area contributed by atoms with Crippen LogP contribution in [0.4, 0.5) is 5.95 Å². The minimum Gasteiger partial charge on any atom is -0.342 e. The van der Waals surface area contributed by atoms with E-state index < -0.39 is 0 Å². The van der Waals surface area contributed by atoms with Gasteiger partial charge in [0.05, 0.1) is 5.69 Å². The van der Waals surface area contributed by atoms with Crippen LogP contribution in [0.3, 0.4) is 0 Å². The Morgan fingerprint density at radius 3 is 2.53 bits per heavy atom. The summed E-state index contributed by atoms with van der Waals surface area (Å²) in [5, 5.41) is 8.30. The number of aromatic nitrogens is 4. The number of anilines is 1. The van der Waals surface area contributed by atoms with Gasteiger partial charge < -0.3 is 10.6 Å². The first-order valence-electron chi connectivity index (χ1n) is 13.0. The second-order valence-corrected chi connectivity index (χ2v) is 11.7. The van der Waals surface area contributed by atoms with E-state index in [1.54, 1.807) is 0 Å². The first-order chi connectivity index (χ1) is 17.4. The molecule has 0 bridgehead atoms. The SMILES string of the molecule is CC1(C)C[C@H](c2n[nH]c3nc(N4CCC5(CC4)Cc4ccccc4[C@H]5N)[nH]c(=O)c23)c2ccccc21. The van der Waals surface area contributed by atoms with Crippen LogP contribution >= 0.6 is 0 Å². The minimum absolute atomic E-state index is 0.0389. The number of hydrogen-bond donors (Lipinski definition) is 3. The maximum absolute atomic E-state index is 13.4. The van der Waals surface area contributed by atoms with Crippen LogP contribution in [0.25, 0.3) is 11.0 Å². The van der Waals surface area contributed by atoms with E-state index in [0.29, 0.717) is 17.0 Å². The van der Waals surface area contributed by atoms with E-state index in [0.717, 1.165) is 44.5 Å². The molecule has 2 aliphatic carbocycles. The predicted octanol–water partition coefficient (Wildman–Crippen LogP) is 4.30. The average Bonchev–Trinajstić information content (AvgIpc) is 3.51. The van der Waals surface area contributed by atoms with Crippen LogP contribution in [0.2, 0.25) is 0 Å². The van der Waals surface area contributed by atoms with E-state index in [9.17, 15) is 4.79 Å². The van der Waals surface area contributed by atoms with Crippen LogP contribution in [0, 0.1) is 5.41 Å². The van der Waals surface area contributed by atoms with Crippen LogP contribution < -0.4 is 16.2 Å². The molecule has 4 aromatic rings. The number of nitrogens with two attached hydrogens (primary N) is 1. The van der Waals surface area contributed by atoms with Crippen molar-refractivity contribution in [2.75, 3.05) is 18.0 Å². The molecule has 4 N–H and O–H groups in total. The summed E-state index contributed by atoms with van der Waals surface area (Å²) >= 11 is 0. The highest BCUT2D eigenvalue weighted by Crippen LogP contribution is 2.51. The van der Waals surface area contributed by atoms with Gasteiger partial charge in [-0.25, -0.2) is 0 Å². The van der Waals surface area contributed by atoms with Crippen molar-refractivity contribution in [1.29, 1.82) is 0 Å². The van der Waals surface area contributed by atoms with Crippen LogP contribution in [-0.4, -0.2) is 33.3 Å². The van der Waals surface area contributed by atoms with E-state index in [1.807, 2.05) is 0 Å². The van der Waals surface area contributed by atoms with E-state index in [1.165, 1.54) is 22.3 Å². The number of nitrogens with one attached hydrogen (secondary N) is 2. The fraction of sp³-hybridized carbons (Fsp3) is 0.414. The average molecular weight is 481 g/mol. The van der Waals surface area contributed by atoms with Crippen LogP contribution in [-0.2, 0) is 11.8 Å². The van der Waals surface area contributed by atoms with Crippen molar-refractivity contribution in [3.05, 3.63) is 86.8 Å². The Morgan fingerprint density at radius 2 is 1.75 bits per heavy atom. The molecule has 1 spiro atoms. The number of fused-ring (bicyclic) bond motifs is 3. The molecule has 36 heavy (non-hydrogen) atoms. The molecule has 2 aromatic carbocycles. The van der Waals surface area contributed by atoms with Crippen LogP contribution in [0.15, 0.2) is 53.3 Å². The van der Waals surface area contributed by atoms with Gasteiger partial charge in [-0.2, -0.15) is 10.1 Å². The highest BCUT2D eigenvalue weighted by atomic mass is 16.1. The summed E-state index contributed by atoms with van der Waals surface area (Å²) in [7, 11) is 0. The smallest absolute Gasteiger partial charge is 0.263 e. The van der Waals surface area contributed by atoms with E-state index in [2.05, 4.69) is 82.5 Å². The second-order valence-electron chi connectivity index (χ2n) is 11.7. The molecule has 0 radical (unpaired) electrons. The maximum Gasteiger partial charge on any atom is 0.263 e. The van der Waals surface area contributed by atoms with Crippen molar-refractivity contribution in [2.45, 2.75) is 56.9 Å². The van der Waals surface area contributed by atoms with Crippen LogP contribution in [0.1, 0.15) is 73.0 Å². The Bertz CT molecular complexity index is 1540. The lowest BCUT2D eigenvalue weighted by atomic mass is 9.73. The summed E-state index contributed by atoms with van der Waals surface area (Å²) in [4.78, 5) is 23.5. The first-order valence-corrected chi connectivity index (χ1v) is 13.0. The summed E-state index contributed by atoms with van der Waals surface area (Å²) in [5.41, 5.74) is 13.4. The molecule has 3 heterocycles. The Kier molecular flexibility index (Phi) is 4.56. The van der Waals surface area contributed by atoms with Gasteiger partial charge in [0, 0.05) is 25.0 Å². The monoisotopic (exact) mass is 480 g/mol. The van der Waals surface area contributed by atoms with Gasteiger partial charge in [0.1, 0.15) is 5.39 Å². The minimum atomic E-state index is -0.119. The molecule has 1 fully saturated rings. The van der Waals surface area contributed by atoms with Gasteiger partial charge in [0.15, 0.2) is 5.65 Å². The molecular formula is C29H32N6O. The highest BCUT2D eigenvalue weighted by Gasteiger charge is 2.46. The Balaban J connectivity index is 1.17. The molecule has 7 nitrogen and oxygen atoms in total. The summed E-state index contributed by atoms with van der Waals surface area (Å²) in [6.07, 6.45) is 3.91. The lowest BCUT2D eigenvalue weighted by molar-refractivity contribution is 0.187. The standard InChI is InChI=1S/C29H32N6O/c1-28(2)16-20(19-9-5-6-10-21(19)28)23-22-25(34-33-23)31-27(32-26(22)36)35-13-11-29(12-14-35)15-17-7-3-4-8-18(17)24(29)30/h3-10,20,24H,11-16,30H2,1-2H3,(H2,31,32,33,34,36)/t20-,24+/m0/s1. The quantitative estimate of drug-likeness (QED) is 0.397. The zero-order valence-electron chi connectivity index (χ0n) is 20.8. The molecule has 7 rings (SSSR count). The van der Waals surface area contributed by atoms with E-state index in [4.69, 9.17) is 10.7 Å². The fourth-order valence-electron chi connectivity index (χ4n) is 7.21. The van der Waals surface area contributed by atoms with Gasteiger partial charge in [-0.3, -0.25) is 14.9 Å². The van der Waals surface area contributed by atoms with Crippen molar-refractivity contribution < 1.29 is 0 Å². The van der Waals surface area contributed by atoms with Gasteiger partial charge in [-0.15, -0.1) is 0 Å². The number of hydrogen-bond acceptors (Lipinski definition) is 5. The lowest BCUT2D eigenvalue weighted by Crippen LogP contribution is -2.45. The van der Waals surface area contributed by atoms with E-state index in [-0.39, 0.29) is 28.3 Å². The molecule has 1 saturated heterocycles. The molecule has 2 atom stereocenters. The number of aromatic amines is 2. The van der Waals surface area contributed by atoms with Gasteiger partial charge >= 0.3 is 0 Å². The topological polar surface area (TPSA) is 104 Å². The largest absolute Gasteiger partial charge is 0.342 e. The highest BCUT2D eigenvalue weighted by molar-refractivity contribution is 5.79. The molecule has 3 aliphatic rings. The number of nitrogens with zero attached hydrogens (tertiary/aromatic N) is 3. The summed E-state index contributed by atoms with van der Waals surface area (Å²) in [6.45, 7) is 6.17. The summed E-state index contributed by atoms with van der Waals surface area (Å²) in [5.74, 6) is 0.702. The molecular weight excluding hydrogens is 448 g/mol. The van der Waals surface area contributed by atoms with Crippen molar-refractivity contribution in [2.24, 2.45) is 11.1 Å². The second kappa shape index (κ2) is 7.53. The first kappa shape index (κ1) is 21.8. The molecule has 0 unspecified atom stereocenters. The zero-order valence-corrected chi connectivity index (χ0v) is 20.8. The number of piperidine rings is 1. The van der Waals surface area contributed by atoms with Gasteiger partial charge in [-0.1, -0.05) is 62.4 Å². The Morgan fingerprint density at radius 1 is 1.03 bits per heavy atom. The Hall–Kier alpha value is -3.45. The van der Waals surface area contributed by atoms with Gasteiger partial charge in [-0.05, 0) is 58.8 Å². The molecule has 0 saturated carbocycles. The molecule has 0 amide bonds. The van der Waals surface area contributed by atoms with Gasteiger partial charge in [0.25, 0.3) is 5.56 Å². The molecule has 184 valence electrons. The molecule has 1 aliphatic heterocycles. The number of benzene rings is 2. The molecule has 7 heteroatoms. The Labute approximate surface area is 210 Å². The van der Waals surface area contributed by atoms with Crippen molar-refractivity contribution in [1.82, 2.24) is 20.2 Å². The fourth-order valence-corrected chi connectivity index (χ4v) is 7.21. The summed E-state index contributed by atoms with van der Waals surface area (Å²) < 4.78 is 0. The number of H-pyrrole nitrogens is 2. The lowest BCUT2D eigenvalue weighted by Gasteiger charge is -2.42. The predicted molar refractivity (Wildman–Crippen MR) is 141 cm³/mol. The van der Waals surface area contributed by atoms with Crippen LogP contribution in [0.5, 0.6) is 0 Å². The molecule has 2 aromatic heterocycles. The van der Waals surface area contributed by atoms with Crippen molar-refractivity contribution in [3.63, 3.8) is 0 Å². The third kappa shape index (κ3) is 3.05. The number of rotatable bonds is 2. The maximum atomic E-state index is 13.4. The normalized spacial score (nSPS) is 23.8. The zero-order chi connectivity index (χ0) is 24.7. The van der Waals surface area contributed by atoms with Crippen molar-refractivity contribution in [3.8, 4) is 0 Å².